The van der Waals surface area contributed by atoms with Gasteiger partial charge >= 0.3 is 0 Å². The van der Waals surface area contributed by atoms with Crippen LogP contribution in [-0.4, -0.2) is 40.5 Å². The fourth-order valence-corrected chi connectivity index (χ4v) is 2.94. The van der Waals surface area contributed by atoms with Gasteiger partial charge in [-0.25, -0.2) is 0 Å². The van der Waals surface area contributed by atoms with Crippen LogP contribution in [-0.2, 0) is 9.53 Å². The second-order valence-corrected chi connectivity index (χ2v) is 5.26. The van der Waals surface area contributed by atoms with Crippen molar-refractivity contribution in [1.29, 1.82) is 0 Å². The van der Waals surface area contributed by atoms with Gasteiger partial charge in [-0.3, -0.25) is 14.8 Å². The number of nitrogens with zero attached hydrogens (tertiary/aromatic N) is 3. The molecule has 1 aliphatic heterocycles. The third-order valence-electron chi connectivity index (χ3n) is 4.00. The summed E-state index contributed by atoms with van der Waals surface area (Å²) >= 11 is 0. The number of amides is 1. The highest BCUT2D eigenvalue weighted by atomic mass is 16.5. The summed E-state index contributed by atoms with van der Waals surface area (Å²) in [6.07, 6.45) is 9.37. The minimum atomic E-state index is -0.132. The molecular formula is C14H19N3O2. The van der Waals surface area contributed by atoms with Gasteiger partial charge in [0, 0.05) is 24.9 Å². The molecule has 1 saturated heterocycles. The van der Waals surface area contributed by atoms with Gasteiger partial charge < -0.3 is 9.64 Å². The number of ether oxygens (including phenoxy) is 1. The van der Waals surface area contributed by atoms with Gasteiger partial charge in [-0.15, -0.1) is 0 Å². The highest BCUT2D eigenvalue weighted by Gasteiger charge is 2.31. The Balaban J connectivity index is 1.66. The predicted molar refractivity (Wildman–Crippen MR) is 69.3 cm³/mol. The summed E-state index contributed by atoms with van der Waals surface area (Å²) in [5.74, 6) is 0.537. The highest BCUT2D eigenvalue weighted by Crippen LogP contribution is 2.28. The third-order valence-corrected chi connectivity index (χ3v) is 4.00. The van der Waals surface area contributed by atoms with E-state index in [2.05, 4.69) is 9.97 Å². The summed E-state index contributed by atoms with van der Waals surface area (Å²) in [5, 5.41) is 0. The molecule has 1 aliphatic carbocycles. The molecule has 0 unspecified atom stereocenters. The molecular weight excluding hydrogens is 242 g/mol. The lowest BCUT2D eigenvalue weighted by atomic mass is 10.1. The molecule has 102 valence electrons. The van der Waals surface area contributed by atoms with E-state index in [9.17, 15) is 4.79 Å². The van der Waals surface area contributed by atoms with Crippen LogP contribution in [0.25, 0.3) is 0 Å². The molecule has 0 bridgehead atoms. The molecule has 1 atom stereocenters. The summed E-state index contributed by atoms with van der Waals surface area (Å²) in [6.45, 7) is 1.89. The van der Waals surface area contributed by atoms with Crippen LogP contribution in [0.1, 0.15) is 37.5 Å². The van der Waals surface area contributed by atoms with E-state index >= 15 is 0 Å². The lowest BCUT2D eigenvalue weighted by Gasteiger charge is -2.34. The average molecular weight is 261 g/mol. The molecule has 1 saturated carbocycles. The lowest BCUT2D eigenvalue weighted by Crippen LogP contribution is -2.44. The molecule has 2 heterocycles. The Labute approximate surface area is 113 Å². The molecule has 0 spiro atoms. The largest absolute Gasteiger partial charge is 0.368 e. The van der Waals surface area contributed by atoms with Gasteiger partial charge in [0.05, 0.1) is 25.0 Å². The molecule has 0 aromatic carbocycles. The maximum atomic E-state index is 12.4. The smallest absolute Gasteiger partial charge is 0.225 e. The zero-order valence-electron chi connectivity index (χ0n) is 11.0. The Bertz CT molecular complexity index is 432. The van der Waals surface area contributed by atoms with Crippen molar-refractivity contribution >= 4 is 5.91 Å². The SMILES string of the molecule is O=C(C1CCCC1)N1CCO[C@@H](c2cnccn2)C1. The van der Waals surface area contributed by atoms with Gasteiger partial charge in [-0.05, 0) is 12.8 Å². The van der Waals surface area contributed by atoms with Gasteiger partial charge in [-0.2, -0.15) is 0 Å². The van der Waals surface area contributed by atoms with E-state index in [0.29, 0.717) is 25.6 Å². The van der Waals surface area contributed by atoms with E-state index in [4.69, 9.17) is 4.74 Å². The first kappa shape index (κ1) is 12.5. The van der Waals surface area contributed by atoms with Crippen LogP contribution in [0.4, 0.5) is 0 Å². The molecule has 19 heavy (non-hydrogen) atoms. The Kier molecular flexibility index (Phi) is 3.73. The molecule has 0 radical (unpaired) electrons. The summed E-state index contributed by atoms with van der Waals surface area (Å²) < 4.78 is 5.71. The van der Waals surface area contributed by atoms with Crippen molar-refractivity contribution in [3.05, 3.63) is 24.3 Å². The van der Waals surface area contributed by atoms with E-state index in [0.717, 1.165) is 18.5 Å². The van der Waals surface area contributed by atoms with Crippen LogP contribution in [0, 0.1) is 5.92 Å². The van der Waals surface area contributed by atoms with Gasteiger partial charge in [0.15, 0.2) is 0 Å². The molecule has 2 aliphatic rings. The molecule has 5 nitrogen and oxygen atoms in total. The van der Waals surface area contributed by atoms with Crippen molar-refractivity contribution in [3.63, 3.8) is 0 Å². The molecule has 5 heteroatoms. The zero-order valence-corrected chi connectivity index (χ0v) is 11.0. The van der Waals surface area contributed by atoms with Gasteiger partial charge in [0.2, 0.25) is 5.91 Å². The highest BCUT2D eigenvalue weighted by molar-refractivity contribution is 5.79. The number of aromatic nitrogens is 2. The van der Waals surface area contributed by atoms with E-state index in [1.165, 1.54) is 12.8 Å². The number of carbonyl (C=O) groups excluding carboxylic acids is 1. The normalized spacial score (nSPS) is 24.6. The molecule has 2 fully saturated rings. The first-order valence-corrected chi connectivity index (χ1v) is 7.01. The fourth-order valence-electron chi connectivity index (χ4n) is 2.94. The molecule has 1 aromatic heterocycles. The van der Waals surface area contributed by atoms with Crippen LogP contribution < -0.4 is 0 Å². The lowest BCUT2D eigenvalue weighted by molar-refractivity contribution is -0.143. The Morgan fingerprint density at radius 2 is 2.16 bits per heavy atom. The number of carbonyl (C=O) groups is 1. The topological polar surface area (TPSA) is 55.3 Å². The van der Waals surface area contributed by atoms with E-state index in [-0.39, 0.29) is 12.0 Å². The van der Waals surface area contributed by atoms with Crippen LogP contribution in [0.3, 0.4) is 0 Å². The Hall–Kier alpha value is -1.49. The molecule has 1 aromatic rings. The number of morpholine rings is 1. The van der Waals surface area contributed by atoms with Crippen molar-refractivity contribution in [3.8, 4) is 0 Å². The average Bonchev–Trinajstić information content (AvgIpc) is 3.02. The summed E-state index contributed by atoms with van der Waals surface area (Å²) in [5.41, 5.74) is 0.812. The summed E-state index contributed by atoms with van der Waals surface area (Å²) in [7, 11) is 0. The zero-order chi connectivity index (χ0) is 13.1. The maximum Gasteiger partial charge on any atom is 0.225 e. The molecule has 3 rings (SSSR count). The van der Waals surface area contributed by atoms with Gasteiger partial charge in [0.1, 0.15) is 6.10 Å². The summed E-state index contributed by atoms with van der Waals surface area (Å²) in [4.78, 5) is 22.7. The van der Waals surface area contributed by atoms with Crippen LogP contribution in [0.15, 0.2) is 18.6 Å². The van der Waals surface area contributed by atoms with E-state index in [1.54, 1.807) is 18.6 Å². The monoisotopic (exact) mass is 261 g/mol. The first-order chi connectivity index (χ1) is 9.34. The van der Waals surface area contributed by atoms with Gasteiger partial charge in [0.25, 0.3) is 0 Å². The Morgan fingerprint density at radius 3 is 2.89 bits per heavy atom. The quantitative estimate of drug-likeness (QED) is 0.811. The molecule has 1 amide bonds. The second-order valence-electron chi connectivity index (χ2n) is 5.26. The van der Waals surface area contributed by atoms with E-state index in [1.807, 2.05) is 4.90 Å². The van der Waals surface area contributed by atoms with Crippen LogP contribution in [0.5, 0.6) is 0 Å². The second kappa shape index (κ2) is 5.65. The predicted octanol–water partition coefficient (Wildman–Crippen LogP) is 1.57. The standard InChI is InChI=1S/C14H19N3O2/c18-14(11-3-1-2-4-11)17-7-8-19-13(10-17)12-9-15-5-6-16-12/h5-6,9,11,13H,1-4,7-8,10H2/t13-/m1/s1. The van der Waals surface area contributed by atoms with Crippen LogP contribution >= 0.6 is 0 Å². The first-order valence-electron chi connectivity index (χ1n) is 7.01. The van der Waals surface area contributed by atoms with Crippen molar-refractivity contribution in [2.75, 3.05) is 19.7 Å². The third kappa shape index (κ3) is 2.76. The minimum absolute atomic E-state index is 0.132. The van der Waals surface area contributed by atoms with Crippen molar-refractivity contribution < 1.29 is 9.53 Å². The number of hydrogen-bond acceptors (Lipinski definition) is 4. The number of hydrogen-bond donors (Lipinski definition) is 0. The van der Waals surface area contributed by atoms with Gasteiger partial charge in [-0.1, -0.05) is 12.8 Å². The van der Waals surface area contributed by atoms with E-state index < -0.39 is 0 Å². The maximum absolute atomic E-state index is 12.4. The number of rotatable bonds is 2. The van der Waals surface area contributed by atoms with Crippen LogP contribution in [0.2, 0.25) is 0 Å². The van der Waals surface area contributed by atoms with Crippen molar-refractivity contribution in [2.45, 2.75) is 31.8 Å². The Morgan fingerprint density at radius 1 is 1.32 bits per heavy atom. The van der Waals surface area contributed by atoms with Crippen molar-refractivity contribution in [2.24, 2.45) is 5.92 Å². The molecule has 0 N–H and O–H groups in total. The van der Waals surface area contributed by atoms with Crippen molar-refractivity contribution in [1.82, 2.24) is 14.9 Å². The fraction of sp³-hybridized carbons (Fsp3) is 0.643. The minimum Gasteiger partial charge on any atom is -0.368 e. The summed E-state index contributed by atoms with van der Waals surface area (Å²) in [6, 6.07) is 0.